The molecule has 1 aromatic rings. The summed E-state index contributed by atoms with van der Waals surface area (Å²) in [7, 11) is 0. The van der Waals surface area contributed by atoms with Crippen molar-refractivity contribution in [1.29, 1.82) is 5.26 Å². The van der Waals surface area contributed by atoms with Gasteiger partial charge in [0.25, 0.3) is 0 Å². The molecule has 82 valence electrons. The minimum Gasteiger partial charge on any atom is -0.768 e. The Kier molecular flexibility index (Phi) is 5.16. The molecule has 5 heteroatoms. The lowest BCUT2D eigenvalue weighted by atomic mass is 10.2. The van der Waals surface area contributed by atoms with Crippen LogP contribution < -0.4 is 5.32 Å². The van der Waals surface area contributed by atoms with Crippen LogP contribution in [0.25, 0.3) is 0 Å². The number of hydrogen-bond acceptors (Lipinski definition) is 3. The zero-order valence-electron chi connectivity index (χ0n) is 8.37. The molecule has 0 saturated carbocycles. The molecule has 0 radical (unpaired) electrons. The van der Waals surface area contributed by atoms with E-state index < -0.39 is 11.1 Å². The summed E-state index contributed by atoms with van der Waals surface area (Å²) >= 11 is -2.20. The highest BCUT2D eigenvalue weighted by atomic mass is 32.2. The molecular weight excluding hydrogens is 224 g/mol. The van der Waals surface area contributed by atoms with E-state index >= 15 is 0 Å². The predicted octanol–water partition coefficient (Wildman–Crippen LogP) is 0.387. The second-order valence-electron chi connectivity index (χ2n) is 2.83. The van der Waals surface area contributed by atoms with Crippen LogP contribution in [-0.4, -0.2) is 8.76 Å². The van der Waals surface area contributed by atoms with Crippen molar-refractivity contribution in [2.24, 2.45) is 0 Å². The third-order valence-corrected chi connectivity index (χ3v) is 2.39. The Morgan fingerprint density at radius 1 is 1.19 bits per heavy atom. The van der Waals surface area contributed by atoms with Crippen LogP contribution in [0.1, 0.15) is 5.56 Å². The quantitative estimate of drug-likeness (QED) is 0.713. The van der Waals surface area contributed by atoms with E-state index in [0.29, 0.717) is 5.56 Å². The first kappa shape index (κ1) is 12.3. The highest BCUT2D eigenvalue weighted by Crippen LogP contribution is 2.05. The van der Waals surface area contributed by atoms with E-state index in [0.717, 1.165) is 0 Å². The van der Waals surface area contributed by atoms with E-state index in [1.54, 1.807) is 0 Å². The Bertz CT molecular complexity index is 448. The fraction of sp³-hybridized carbons (Fsp3) is 0. The maximum Gasteiger partial charge on any atom is 0.0991 e. The molecule has 1 atom stereocenters. The third kappa shape index (κ3) is 4.19. The molecule has 1 aromatic carbocycles. The van der Waals surface area contributed by atoms with Gasteiger partial charge in [-0.2, -0.15) is 5.26 Å². The SMILES string of the molecule is C1=C[NH2+]C=C1.N#Cc1ccc(S(=O)[O-])cc1. The average molecular weight is 234 g/mol. The molecule has 0 amide bonds. The highest BCUT2D eigenvalue weighted by molar-refractivity contribution is 7.79. The molecule has 2 N–H and O–H groups in total. The normalized spacial score (nSPS) is 13.8. The molecule has 1 unspecified atom stereocenters. The zero-order chi connectivity index (χ0) is 11.8. The van der Waals surface area contributed by atoms with Gasteiger partial charge in [-0.15, -0.1) is 0 Å². The van der Waals surface area contributed by atoms with Gasteiger partial charge < -0.3 is 4.55 Å². The molecule has 0 saturated heterocycles. The molecular formula is C11H10N2O2S. The molecule has 1 aliphatic rings. The first-order valence-corrected chi connectivity index (χ1v) is 5.57. The number of nitriles is 1. The summed E-state index contributed by atoms with van der Waals surface area (Å²) in [5, 5.41) is 10.4. The van der Waals surface area contributed by atoms with Crippen LogP contribution in [0, 0.1) is 11.3 Å². The van der Waals surface area contributed by atoms with E-state index in [1.807, 2.05) is 35.9 Å². The Balaban J connectivity index is 0.000000212. The fourth-order valence-electron chi connectivity index (χ4n) is 0.961. The molecule has 0 fully saturated rings. The topological polar surface area (TPSA) is 80.5 Å². The lowest BCUT2D eigenvalue weighted by molar-refractivity contribution is -0.510. The second kappa shape index (κ2) is 6.69. The minimum atomic E-state index is -2.20. The molecule has 16 heavy (non-hydrogen) atoms. The van der Waals surface area contributed by atoms with E-state index in [-0.39, 0.29) is 4.90 Å². The Morgan fingerprint density at radius 3 is 2.06 bits per heavy atom. The monoisotopic (exact) mass is 234 g/mol. The van der Waals surface area contributed by atoms with E-state index in [4.69, 9.17) is 5.26 Å². The zero-order valence-corrected chi connectivity index (χ0v) is 9.18. The van der Waals surface area contributed by atoms with E-state index in [1.165, 1.54) is 24.3 Å². The maximum absolute atomic E-state index is 10.3. The standard InChI is InChI=1S/C7H5NO2S.C4H5N/c8-5-6-1-3-7(4-2-6)11(9)10;1-2-4-5-3-1/h1-4H,(H,9,10);1-5H. The molecule has 0 aromatic heterocycles. The van der Waals surface area contributed by atoms with Crippen LogP contribution in [0.3, 0.4) is 0 Å². The smallest absolute Gasteiger partial charge is 0.0991 e. The first-order valence-electron chi connectivity index (χ1n) is 4.50. The Hall–Kier alpha value is -1.74. The van der Waals surface area contributed by atoms with Crippen LogP contribution in [0.5, 0.6) is 0 Å². The molecule has 1 aliphatic heterocycles. The summed E-state index contributed by atoms with van der Waals surface area (Å²) < 4.78 is 20.6. The fourth-order valence-corrected chi connectivity index (χ4v) is 1.32. The van der Waals surface area contributed by atoms with Crippen molar-refractivity contribution in [3.63, 3.8) is 0 Å². The van der Waals surface area contributed by atoms with Crippen LogP contribution in [0.4, 0.5) is 0 Å². The average Bonchev–Trinajstić information content (AvgIpc) is 2.88. The summed E-state index contributed by atoms with van der Waals surface area (Å²) in [6.07, 6.45) is 8.00. The van der Waals surface area contributed by atoms with E-state index in [9.17, 15) is 8.76 Å². The number of benzene rings is 1. The van der Waals surface area contributed by atoms with Crippen molar-refractivity contribution in [3.8, 4) is 6.07 Å². The maximum atomic E-state index is 10.3. The van der Waals surface area contributed by atoms with E-state index in [2.05, 4.69) is 0 Å². The lowest BCUT2D eigenvalue weighted by Crippen LogP contribution is -2.69. The van der Waals surface area contributed by atoms with Gasteiger partial charge >= 0.3 is 0 Å². The van der Waals surface area contributed by atoms with Crippen LogP contribution in [-0.2, 0) is 11.1 Å². The minimum absolute atomic E-state index is 0.198. The van der Waals surface area contributed by atoms with Crippen molar-refractivity contribution >= 4 is 11.1 Å². The van der Waals surface area contributed by atoms with Gasteiger partial charge in [0, 0.05) is 4.90 Å². The number of nitrogens with zero attached hydrogens (tertiary/aromatic N) is 1. The van der Waals surface area contributed by atoms with Crippen LogP contribution in [0.2, 0.25) is 0 Å². The molecule has 1 heterocycles. The van der Waals surface area contributed by atoms with Gasteiger partial charge in [0.2, 0.25) is 0 Å². The highest BCUT2D eigenvalue weighted by Gasteiger charge is 1.91. The van der Waals surface area contributed by atoms with Gasteiger partial charge in [-0.05, 0) is 47.5 Å². The number of quaternary nitrogens is 1. The summed E-state index contributed by atoms with van der Waals surface area (Å²) in [6, 6.07) is 7.60. The molecule has 0 aliphatic carbocycles. The number of nitrogens with two attached hydrogens (primary N) is 1. The van der Waals surface area contributed by atoms with Gasteiger partial charge in [-0.1, -0.05) is 0 Å². The van der Waals surface area contributed by atoms with Crippen molar-refractivity contribution in [2.75, 3.05) is 0 Å². The molecule has 0 bridgehead atoms. The lowest BCUT2D eigenvalue weighted by Gasteiger charge is -2.02. The van der Waals surface area contributed by atoms with Gasteiger partial charge in [0.15, 0.2) is 0 Å². The Morgan fingerprint density at radius 2 is 1.75 bits per heavy atom. The van der Waals surface area contributed by atoms with Gasteiger partial charge in [-0.25, -0.2) is 0 Å². The summed E-state index contributed by atoms with van der Waals surface area (Å²) in [4.78, 5) is 0.198. The molecule has 0 spiro atoms. The number of hydrogen-bond donors (Lipinski definition) is 1. The van der Waals surface area contributed by atoms with Gasteiger partial charge in [-0.3, -0.25) is 9.53 Å². The van der Waals surface area contributed by atoms with Crippen molar-refractivity contribution in [1.82, 2.24) is 0 Å². The third-order valence-electron chi connectivity index (χ3n) is 1.73. The largest absolute Gasteiger partial charge is 0.768 e. The van der Waals surface area contributed by atoms with Gasteiger partial charge in [0.1, 0.15) is 0 Å². The summed E-state index contributed by atoms with van der Waals surface area (Å²) in [6.45, 7) is 0. The first-order chi connectivity index (χ1) is 7.74. The summed E-state index contributed by atoms with van der Waals surface area (Å²) in [5.74, 6) is 0. The van der Waals surface area contributed by atoms with Crippen molar-refractivity contribution in [2.45, 2.75) is 4.90 Å². The Labute approximate surface area is 96.2 Å². The van der Waals surface area contributed by atoms with Gasteiger partial charge in [0.05, 0.1) is 24.0 Å². The number of allylic oxidation sites excluding steroid dienone is 2. The van der Waals surface area contributed by atoms with Crippen molar-refractivity contribution < 1.29 is 14.1 Å². The second-order valence-corrected chi connectivity index (χ2v) is 3.77. The van der Waals surface area contributed by atoms with Crippen LogP contribution >= 0.6 is 0 Å². The van der Waals surface area contributed by atoms with Crippen molar-refractivity contribution in [3.05, 3.63) is 54.4 Å². The number of rotatable bonds is 1. The predicted molar refractivity (Wildman–Crippen MR) is 58.5 cm³/mol. The van der Waals surface area contributed by atoms with Crippen LogP contribution in [0.15, 0.2) is 53.7 Å². The molecule has 4 nitrogen and oxygen atoms in total. The molecule has 2 rings (SSSR count). The summed E-state index contributed by atoms with van der Waals surface area (Å²) in [5.41, 5.74) is 0.458.